The van der Waals surface area contributed by atoms with Gasteiger partial charge in [-0.05, 0) is 20.4 Å². The van der Waals surface area contributed by atoms with Gasteiger partial charge in [0.2, 0.25) is 0 Å². The number of thiazole rings is 1. The Balaban J connectivity index is 2.35. The van der Waals surface area contributed by atoms with Crippen molar-refractivity contribution < 1.29 is 0 Å². The minimum atomic E-state index is 0.624. The van der Waals surface area contributed by atoms with E-state index in [9.17, 15) is 0 Å². The molecule has 0 saturated heterocycles. The van der Waals surface area contributed by atoms with E-state index in [2.05, 4.69) is 20.2 Å². The number of hydrogen-bond acceptors (Lipinski definition) is 5. The Morgan fingerprint density at radius 1 is 1.33 bits per heavy atom. The average Bonchev–Trinajstić information content (AvgIpc) is 2.73. The lowest BCUT2D eigenvalue weighted by Crippen LogP contribution is -2.01. The first-order valence-electron chi connectivity index (χ1n) is 4.76. The van der Waals surface area contributed by atoms with E-state index in [4.69, 9.17) is 5.73 Å². The molecule has 0 saturated carbocycles. The van der Waals surface area contributed by atoms with Crippen LogP contribution in [0.25, 0.3) is 10.7 Å². The maximum absolute atomic E-state index is 5.49. The molecule has 2 rings (SSSR count). The van der Waals surface area contributed by atoms with Gasteiger partial charge in [0, 0.05) is 6.42 Å². The molecule has 0 fully saturated rings. The second-order valence-corrected chi connectivity index (χ2v) is 4.39. The van der Waals surface area contributed by atoms with Gasteiger partial charge in [-0.1, -0.05) is 0 Å². The molecule has 0 unspecified atom stereocenters. The first-order valence-corrected chi connectivity index (χ1v) is 5.58. The van der Waals surface area contributed by atoms with Crippen molar-refractivity contribution in [1.82, 2.24) is 20.2 Å². The van der Waals surface area contributed by atoms with Crippen molar-refractivity contribution in [2.75, 3.05) is 6.54 Å². The fourth-order valence-corrected chi connectivity index (χ4v) is 2.35. The Labute approximate surface area is 91.8 Å². The molecule has 0 aliphatic heterocycles. The highest BCUT2D eigenvalue weighted by molar-refractivity contribution is 7.15. The Morgan fingerprint density at radius 3 is 2.73 bits per heavy atom. The van der Waals surface area contributed by atoms with Crippen LogP contribution in [0.1, 0.15) is 16.5 Å². The lowest BCUT2D eigenvalue weighted by molar-refractivity contribution is 0.945. The van der Waals surface area contributed by atoms with Crippen molar-refractivity contribution in [3.63, 3.8) is 0 Å². The van der Waals surface area contributed by atoms with Gasteiger partial charge in [-0.25, -0.2) is 9.97 Å². The number of nitrogens with zero attached hydrogens (tertiary/aromatic N) is 3. The van der Waals surface area contributed by atoms with Gasteiger partial charge in [0.15, 0.2) is 5.82 Å². The van der Waals surface area contributed by atoms with Crippen LogP contribution >= 0.6 is 11.3 Å². The van der Waals surface area contributed by atoms with Gasteiger partial charge in [0.1, 0.15) is 5.82 Å². The average molecular weight is 223 g/mol. The summed E-state index contributed by atoms with van der Waals surface area (Å²) in [6.45, 7) is 4.48. The standard InChI is InChI=1S/C9H13N5S/c1-5-8(9-12-6(2)13-14-9)15-7(11-5)3-4-10/h3-4,10H2,1-2H3,(H,12,13,14). The maximum atomic E-state index is 5.49. The van der Waals surface area contributed by atoms with Crippen molar-refractivity contribution in [3.05, 3.63) is 16.5 Å². The predicted molar refractivity (Wildman–Crippen MR) is 59.7 cm³/mol. The summed E-state index contributed by atoms with van der Waals surface area (Å²) in [6.07, 6.45) is 0.814. The molecule has 5 nitrogen and oxygen atoms in total. The molecule has 0 bridgehead atoms. The Bertz CT molecular complexity index is 459. The number of H-pyrrole nitrogens is 1. The van der Waals surface area contributed by atoms with Crippen molar-refractivity contribution in [2.45, 2.75) is 20.3 Å². The third kappa shape index (κ3) is 2.05. The quantitative estimate of drug-likeness (QED) is 0.815. The van der Waals surface area contributed by atoms with Crippen LogP contribution in [0.5, 0.6) is 0 Å². The van der Waals surface area contributed by atoms with Crippen LogP contribution in [-0.2, 0) is 6.42 Å². The molecule has 0 aromatic carbocycles. The van der Waals surface area contributed by atoms with Crippen LogP contribution < -0.4 is 5.73 Å². The summed E-state index contributed by atoms with van der Waals surface area (Å²) in [5, 5.41) is 8.00. The van der Waals surface area contributed by atoms with Gasteiger partial charge in [-0.3, -0.25) is 5.10 Å². The maximum Gasteiger partial charge on any atom is 0.193 e. The topological polar surface area (TPSA) is 80.5 Å². The molecule has 2 aromatic heterocycles. The van der Waals surface area contributed by atoms with Gasteiger partial charge in [0.05, 0.1) is 15.6 Å². The van der Waals surface area contributed by atoms with Gasteiger partial charge in [-0.2, -0.15) is 5.10 Å². The predicted octanol–water partition coefficient (Wildman–Crippen LogP) is 1.05. The summed E-state index contributed by atoms with van der Waals surface area (Å²) in [6, 6.07) is 0. The van der Waals surface area contributed by atoms with E-state index in [1.165, 1.54) is 0 Å². The second-order valence-electron chi connectivity index (χ2n) is 3.31. The fourth-order valence-electron chi connectivity index (χ4n) is 1.33. The van der Waals surface area contributed by atoms with Crippen LogP contribution in [-0.4, -0.2) is 26.7 Å². The smallest absolute Gasteiger partial charge is 0.193 e. The van der Waals surface area contributed by atoms with E-state index in [0.717, 1.165) is 33.6 Å². The molecule has 0 aliphatic rings. The molecule has 0 aliphatic carbocycles. The first-order chi connectivity index (χ1) is 7.20. The number of hydrogen-bond donors (Lipinski definition) is 2. The molecule has 0 atom stereocenters. The zero-order valence-corrected chi connectivity index (χ0v) is 9.56. The highest BCUT2D eigenvalue weighted by Gasteiger charge is 2.12. The van der Waals surface area contributed by atoms with E-state index in [-0.39, 0.29) is 0 Å². The summed E-state index contributed by atoms with van der Waals surface area (Å²) >= 11 is 1.61. The number of aromatic nitrogens is 4. The van der Waals surface area contributed by atoms with E-state index < -0.39 is 0 Å². The molecule has 0 amide bonds. The summed E-state index contributed by atoms with van der Waals surface area (Å²) in [7, 11) is 0. The molecule has 6 heteroatoms. The van der Waals surface area contributed by atoms with Crippen LogP contribution in [0, 0.1) is 13.8 Å². The summed E-state index contributed by atoms with van der Waals surface area (Å²) < 4.78 is 0. The highest BCUT2D eigenvalue weighted by Crippen LogP contribution is 2.27. The molecular weight excluding hydrogens is 210 g/mol. The molecule has 80 valence electrons. The molecule has 0 spiro atoms. The first kappa shape index (κ1) is 10.3. The normalized spacial score (nSPS) is 10.9. The Hall–Kier alpha value is -1.27. The minimum Gasteiger partial charge on any atom is -0.330 e. The lowest BCUT2D eigenvalue weighted by atomic mass is 10.4. The second kappa shape index (κ2) is 4.08. The largest absolute Gasteiger partial charge is 0.330 e. The number of aromatic amines is 1. The lowest BCUT2D eigenvalue weighted by Gasteiger charge is -1.87. The van der Waals surface area contributed by atoms with E-state index >= 15 is 0 Å². The van der Waals surface area contributed by atoms with Crippen molar-refractivity contribution in [1.29, 1.82) is 0 Å². The molecule has 0 radical (unpaired) electrons. The SMILES string of the molecule is Cc1nc(-c2sc(CCN)nc2C)n[nH]1. The number of rotatable bonds is 3. The van der Waals surface area contributed by atoms with Crippen LogP contribution in [0.2, 0.25) is 0 Å². The number of aryl methyl sites for hydroxylation is 2. The fraction of sp³-hybridized carbons (Fsp3) is 0.444. The van der Waals surface area contributed by atoms with Gasteiger partial charge in [-0.15, -0.1) is 11.3 Å². The summed E-state index contributed by atoms with van der Waals surface area (Å²) in [4.78, 5) is 9.75. The van der Waals surface area contributed by atoms with Gasteiger partial charge < -0.3 is 5.73 Å². The van der Waals surface area contributed by atoms with Crippen LogP contribution in [0.15, 0.2) is 0 Å². The molecular formula is C9H13N5S. The third-order valence-electron chi connectivity index (χ3n) is 2.00. The van der Waals surface area contributed by atoms with Crippen molar-refractivity contribution in [3.8, 4) is 10.7 Å². The van der Waals surface area contributed by atoms with Crippen molar-refractivity contribution in [2.24, 2.45) is 5.73 Å². The van der Waals surface area contributed by atoms with Gasteiger partial charge in [0.25, 0.3) is 0 Å². The molecule has 3 N–H and O–H groups in total. The van der Waals surface area contributed by atoms with E-state index in [1.807, 2.05) is 13.8 Å². The van der Waals surface area contributed by atoms with Gasteiger partial charge >= 0.3 is 0 Å². The molecule has 15 heavy (non-hydrogen) atoms. The zero-order chi connectivity index (χ0) is 10.8. The van der Waals surface area contributed by atoms with Crippen LogP contribution in [0.4, 0.5) is 0 Å². The number of nitrogens with one attached hydrogen (secondary N) is 1. The minimum absolute atomic E-state index is 0.624. The third-order valence-corrected chi connectivity index (χ3v) is 3.21. The van der Waals surface area contributed by atoms with E-state index in [1.54, 1.807) is 11.3 Å². The summed E-state index contributed by atoms with van der Waals surface area (Å²) in [5.41, 5.74) is 6.47. The number of nitrogens with two attached hydrogens (primary N) is 1. The van der Waals surface area contributed by atoms with Crippen molar-refractivity contribution >= 4 is 11.3 Å². The molecule has 2 aromatic rings. The molecule has 2 heterocycles. The van der Waals surface area contributed by atoms with E-state index in [0.29, 0.717) is 6.54 Å². The Morgan fingerprint density at radius 2 is 2.13 bits per heavy atom. The zero-order valence-electron chi connectivity index (χ0n) is 8.74. The Kier molecular flexibility index (Phi) is 2.79. The monoisotopic (exact) mass is 223 g/mol. The van der Waals surface area contributed by atoms with Crippen LogP contribution in [0.3, 0.4) is 0 Å². The highest BCUT2D eigenvalue weighted by atomic mass is 32.1. The summed E-state index contributed by atoms with van der Waals surface area (Å²) in [5.74, 6) is 1.55.